The lowest BCUT2D eigenvalue weighted by Crippen LogP contribution is -2.37. The summed E-state index contributed by atoms with van der Waals surface area (Å²) in [5.41, 5.74) is 1.22. The quantitative estimate of drug-likeness (QED) is 0.764. The third-order valence-corrected chi connectivity index (χ3v) is 2.26. The zero-order valence-corrected chi connectivity index (χ0v) is 8.15. The molecule has 1 unspecified atom stereocenters. The van der Waals surface area contributed by atoms with Gasteiger partial charge >= 0.3 is 0 Å². The average Bonchev–Trinajstić information content (AvgIpc) is 2.29. The Balaban J connectivity index is 1.93. The molecular formula is C12H15NO. The molecule has 1 N–H and O–H groups in total. The van der Waals surface area contributed by atoms with E-state index in [2.05, 4.69) is 29.6 Å². The van der Waals surface area contributed by atoms with Crippen LogP contribution in [-0.2, 0) is 4.74 Å². The highest BCUT2D eigenvalue weighted by Crippen LogP contribution is 2.04. The standard InChI is InChI=1S/C12H15NO/c1-2-4-11(5-3-1)6-7-12-10-13-8-9-14-12/h1-7,12-13H,8-10H2/b7-6+. The highest BCUT2D eigenvalue weighted by molar-refractivity contribution is 5.49. The molecular weight excluding hydrogens is 174 g/mol. The molecule has 0 aromatic heterocycles. The lowest BCUT2D eigenvalue weighted by molar-refractivity contribution is 0.0596. The van der Waals surface area contributed by atoms with Crippen LogP contribution in [0.15, 0.2) is 36.4 Å². The van der Waals surface area contributed by atoms with Crippen molar-refractivity contribution in [3.8, 4) is 0 Å². The largest absolute Gasteiger partial charge is 0.371 e. The van der Waals surface area contributed by atoms with Crippen LogP contribution in [0.5, 0.6) is 0 Å². The molecule has 74 valence electrons. The molecule has 1 aliphatic heterocycles. The second-order valence-corrected chi connectivity index (χ2v) is 3.38. The Morgan fingerprint density at radius 1 is 1.29 bits per heavy atom. The first-order chi connectivity index (χ1) is 6.95. The van der Waals surface area contributed by atoms with E-state index in [9.17, 15) is 0 Å². The number of hydrogen-bond acceptors (Lipinski definition) is 2. The maximum Gasteiger partial charge on any atom is 0.0884 e. The topological polar surface area (TPSA) is 21.3 Å². The smallest absolute Gasteiger partial charge is 0.0884 e. The summed E-state index contributed by atoms with van der Waals surface area (Å²) in [7, 11) is 0. The van der Waals surface area contributed by atoms with Gasteiger partial charge in [-0.3, -0.25) is 0 Å². The van der Waals surface area contributed by atoms with E-state index in [1.54, 1.807) is 0 Å². The Morgan fingerprint density at radius 3 is 2.86 bits per heavy atom. The molecule has 14 heavy (non-hydrogen) atoms. The molecule has 1 fully saturated rings. The summed E-state index contributed by atoms with van der Waals surface area (Å²) in [5, 5.41) is 3.29. The molecule has 0 radical (unpaired) electrons. The zero-order chi connectivity index (χ0) is 9.64. The van der Waals surface area contributed by atoms with Crippen LogP contribution in [0.2, 0.25) is 0 Å². The van der Waals surface area contributed by atoms with E-state index < -0.39 is 0 Å². The molecule has 2 nitrogen and oxygen atoms in total. The molecule has 2 rings (SSSR count). The molecule has 1 aromatic carbocycles. The number of nitrogens with one attached hydrogen (secondary N) is 1. The monoisotopic (exact) mass is 189 g/mol. The van der Waals surface area contributed by atoms with E-state index in [-0.39, 0.29) is 6.10 Å². The maximum absolute atomic E-state index is 5.55. The molecule has 0 aliphatic carbocycles. The minimum atomic E-state index is 0.226. The van der Waals surface area contributed by atoms with Crippen molar-refractivity contribution in [2.45, 2.75) is 6.10 Å². The summed E-state index contributed by atoms with van der Waals surface area (Å²) < 4.78 is 5.55. The third-order valence-electron chi connectivity index (χ3n) is 2.26. The summed E-state index contributed by atoms with van der Waals surface area (Å²) in [6.45, 7) is 2.70. The van der Waals surface area contributed by atoms with E-state index in [1.165, 1.54) is 5.56 Å². The van der Waals surface area contributed by atoms with Gasteiger partial charge in [0, 0.05) is 13.1 Å². The van der Waals surface area contributed by atoms with Crippen LogP contribution in [0.1, 0.15) is 5.56 Å². The average molecular weight is 189 g/mol. The van der Waals surface area contributed by atoms with Crippen LogP contribution in [-0.4, -0.2) is 25.8 Å². The van der Waals surface area contributed by atoms with Gasteiger partial charge in [-0.05, 0) is 5.56 Å². The second-order valence-electron chi connectivity index (χ2n) is 3.38. The van der Waals surface area contributed by atoms with E-state index >= 15 is 0 Å². The SMILES string of the molecule is C(=C\C1CNCCO1)/c1ccccc1. The zero-order valence-electron chi connectivity index (χ0n) is 8.15. The summed E-state index contributed by atoms with van der Waals surface area (Å²) in [6, 6.07) is 10.3. The van der Waals surface area contributed by atoms with Crippen molar-refractivity contribution in [1.82, 2.24) is 5.32 Å². The number of morpholine rings is 1. The van der Waals surface area contributed by atoms with E-state index in [0.717, 1.165) is 19.7 Å². The van der Waals surface area contributed by atoms with Gasteiger partial charge in [0.25, 0.3) is 0 Å². The van der Waals surface area contributed by atoms with Gasteiger partial charge in [-0.1, -0.05) is 42.5 Å². The fraction of sp³-hybridized carbons (Fsp3) is 0.333. The maximum atomic E-state index is 5.55. The highest BCUT2D eigenvalue weighted by atomic mass is 16.5. The summed E-state index contributed by atoms with van der Waals surface area (Å²) in [4.78, 5) is 0. The van der Waals surface area contributed by atoms with Gasteiger partial charge in [-0.15, -0.1) is 0 Å². The predicted molar refractivity (Wildman–Crippen MR) is 58.1 cm³/mol. The van der Waals surface area contributed by atoms with Gasteiger partial charge in [0.2, 0.25) is 0 Å². The van der Waals surface area contributed by atoms with Gasteiger partial charge < -0.3 is 10.1 Å². The molecule has 0 amide bonds. The minimum Gasteiger partial charge on any atom is -0.371 e. The normalized spacial score (nSPS) is 22.7. The predicted octanol–water partition coefficient (Wildman–Crippen LogP) is 1.69. The van der Waals surface area contributed by atoms with Crippen molar-refractivity contribution in [2.24, 2.45) is 0 Å². The molecule has 1 atom stereocenters. The summed E-state index contributed by atoms with van der Waals surface area (Å²) in [6.07, 6.45) is 4.45. The summed E-state index contributed by atoms with van der Waals surface area (Å²) >= 11 is 0. The van der Waals surface area contributed by atoms with Gasteiger partial charge in [-0.2, -0.15) is 0 Å². The van der Waals surface area contributed by atoms with Crippen molar-refractivity contribution in [3.05, 3.63) is 42.0 Å². The number of hydrogen-bond donors (Lipinski definition) is 1. The van der Waals surface area contributed by atoms with E-state index in [0.29, 0.717) is 0 Å². The van der Waals surface area contributed by atoms with Crippen LogP contribution in [0.25, 0.3) is 6.08 Å². The molecule has 2 heteroatoms. The molecule has 1 aromatic rings. The lowest BCUT2D eigenvalue weighted by Gasteiger charge is -2.20. The van der Waals surface area contributed by atoms with Crippen molar-refractivity contribution in [3.63, 3.8) is 0 Å². The Bertz CT molecular complexity index is 288. The van der Waals surface area contributed by atoms with Crippen molar-refractivity contribution in [1.29, 1.82) is 0 Å². The Hall–Kier alpha value is -1.12. The molecule has 1 heterocycles. The van der Waals surface area contributed by atoms with Crippen LogP contribution in [0, 0.1) is 0 Å². The van der Waals surface area contributed by atoms with Gasteiger partial charge in [-0.25, -0.2) is 0 Å². The fourth-order valence-corrected chi connectivity index (χ4v) is 1.49. The minimum absolute atomic E-state index is 0.226. The van der Waals surface area contributed by atoms with Crippen molar-refractivity contribution >= 4 is 6.08 Å². The van der Waals surface area contributed by atoms with Gasteiger partial charge in [0.05, 0.1) is 12.7 Å². The van der Waals surface area contributed by atoms with Crippen LogP contribution in [0.3, 0.4) is 0 Å². The third kappa shape index (κ3) is 2.69. The molecule has 0 bridgehead atoms. The van der Waals surface area contributed by atoms with Crippen LogP contribution >= 0.6 is 0 Å². The molecule has 1 aliphatic rings. The van der Waals surface area contributed by atoms with Crippen LogP contribution < -0.4 is 5.32 Å². The van der Waals surface area contributed by atoms with Crippen LogP contribution in [0.4, 0.5) is 0 Å². The highest BCUT2D eigenvalue weighted by Gasteiger charge is 2.08. The summed E-state index contributed by atoms with van der Waals surface area (Å²) in [5.74, 6) is 0. The fourth-order valence-electron chi connectivity index (χ4n) is 1.49. The Kier molecular flexibility index (Phi) is 3.33. The second kappa shape index (κ2) is 4.94. The Morgan fingerprint density at radius 2 is 2.14 bits per heavy atom. The molecule has 0 spiro atoms. The first-order valence-corrected chi connectivity index (χ1v) is 5.01. The molecule has 0 saturated carbocycles. The van der Waals surface area contributed by atoms with Gasteiger partial charge in [0.1, 0.15) is 0 Å². The number of ether oxygens (including phenoxy) is 1. The first-order valence-electron chi connectivity index (χ1n) is 5.01. The van der Waals surface area contributed by atoms with E-state index in [4.69, 9.17) is 4.74 Å². The Labute approximate surface area is 84.6 Å². The first kappa shape index (κ1) is 9.44. The van der Waals surface area contributed by atoms with Crippen molar-refractivity contribution in [2.75, 3.05) is 19.7 Å². The van der Waals surface area contributed by atoms with Crippen molar-refractivity contribution < 1.29 is 4.74 Å². The molecule has 1 saturated heterocycles. The van der Waals surface area contributed by atoms with E-state index in [1.807, 2.05) is 18.2 Å². The number of rotatable bonds is 2. The van der Waals surface area contributed by atoms with Gasteiger partial charge in [0.15, 0.2) is 0 Å². The number of benzene rings is 1. The lowest BCUT2D eigenvalue weighted by atomic mass is 10.2.